The summed E-state index contributed by atoms with van der Waals surface area (Å²) in [6, 6.07) is 8.74. The molecule has 0 spiro atoms. The molecule has 0 radical (unpaired) electrons. The van der Waals surface area contributed by atoms with Gasteiger partial charge in [-0.2, -0.15) is 0 Å². The molecule has 1 aromatic carbocycles. The van der Waals surface area contributed by atoms with Crippen molar-refractivity contribution >= 4 is 17.3 Å². The minimum atomic E-state index is 0.313. The highest BCUT2D eigenvalue weighted by atomic mass is 32.2. The van der Waals surface area contributed by atoms with E-state index in [9.17, 15) is 0 Å². The average Bonchev–Trinajstić information content (AvgIpc) is 2.31. The Morgan fingerprint density at radius 1 is 1.13 bits per heavy atom. The van der Waals surface area contributed by atoms with Gasteiger partial charge < -0.3 is 0 Å². The van der Waals surface area contributed by atoms with Gasteiger partial charge in [0.2, 0.25) is 0 Å². The van der Waals surface area contributed by atoms with Crippen LogP contribution in [0.3, 0.4) is 0 Å². The van der Waals surface area contributed by atoms with Crippen molar-refractivity contribution in [2.75, 3.05) is 5.75 Å². The summed E-state index contributed by atoms with van der Waals surface area (Å²) in [6.45, 7) is 9.20. The van der Waals surface area contributed by atoms with Crippen molar-refractivity contribution in [2.45, 2.75) is 32.6 Å². The molecule has 0 fully saturated rings. The molecule has 0 atom stereocenters. The second-order valence-corrected chi connectivity index (χ2v) is 5.94. The number of allylic oxidation sites excluding steroid dienone is 2. The van der Waals surface area contributed by atoms with Crippen molar-refractivity contribution < 1.29 is 0 Å². The molecule has 1 aromatic rings. The van der Waals surface area contributed by atoms with Gasteiger partial charge in [0.25, 0.3) is 0 Å². The van der Waals surface area contributed by atoms with Crippen LogP contribution in [0.25, 0.3) is 5.57 Å². The number of hydrogen-bond donors (Lipinski definition) is 0. The van der Waals surface area contributed by atoms with E-state index in [0.29, 0.717) is 5.41 Å². The summed E-state index contributed by atoms with van der Waals surface area (Å²) in [5, 5.41) is 0. The van der Waals surface area contributed by atoms with Gasteiger partial charge in [-0.1, -0.05) is 37.6 Å². The zero-order valence-corrected chi connectivity index (χ0v) is 10.7. The van der Waals surface area contributed by atoms with Gasteiger partial charge in [-0.25, -0.2) is 0 Å². The molecule has 80 valence electrons. The van der Waals surface area contributed by atoms with Crippen molar-refractivity contribution in [3.8, 4) is 0 Å². The fourth-order valence-corrected chi connectivity index (χ4v) is 3.26. The number of fused-ring (bicyclic) bond motifs is 1. The molecule has 0 N–H and O–H groups in total. The van der Waals surface area contributed by atoms with Crippen LogP contribution < -0.4 is 0 Å². The lowest BCUT2D eigenvalue weighted by Crippen LogP contribution is -2.15. The number of rotatable bonds is 0. The van der Waals surface area contributed by atoms with Crippen LogP contribution in [0.4, 0.5) is 0 Å². The van der Waals surface area contributed by atoms with E-state index in [2.05, 4.69) is 52.0 Å². The largest absolute Gasteiger partial charge is 0.125 e. The topological polar surface area (TPSA) is 0 Å². The highest BCUT2D eigenvalue weighted by Gasteiger charge is 2.26. The van der Waals surface area contributed by atoms with Crippen molar-refractivity contribution in [3.63, 3.8) is 0 Å². The van der Waals surface area contributed by atoms with Crippen LogP contribution in [0.1, 0.15) is 33.3 Å². The number of benzene rings is 1. The summed E-state index contributed by atoms with van der Waals surface area (Å²) >= 11 is 1.98. The quantitative estimate of drug-likeness (QED) is 0.612. The van der Waals surface area contributed by atoms with Crippen LogP contribution in [0.5, 0.6) is 0 Å². The zero-order valence-electron chi connectivity index (χ0n) is 9.92. The van der Waals surface area contributed by atoms with Crippen LogP contribution in [-0.4, -0.2) is 5.75 Å². The summed E-state index contributed by atoms with van der Waals surface area (Å²) in [5.41, 5.74) is 4.72. The Labute approximate surface area is 96.8 Å². The van der Waals surface area contributed by atoms with E-state index < -0.39 is 0 Å². The SMILES string of the molecule is CC1=C(C)C(C)(C)CSc2ccccc21. The molecule has 1 aliphatic heterocycles. The summed E-state index contributed by atoms with van der Waals surface area (Å²) < 4.78 is 0. The Kier molecular flexibility index (Phi) is 2.68. The summed E-state index contributed by atoms with van der Waals surface area (Å²) in [6.07, 6.45) is 0. The van der Waals surface area contributed by atoms with Gasteiger partial charge in [0.1, 0.15) is 0 Å². The van der Waals surface area contributed by atoms with Crippen LogP contribution in [0.15, 0.2) is 34.7 Å². The Morgan fingerprint density at radius 2 is 1.80 bits per heavy atom. The first-order valence-corrected chi connectivity index (χ1v) is 6.41. The predicted octanol–water partition coefficient (Wildman–Crippen LogP) is 4.61. The first-order valence-electron chi connectivity index (χ1n) is 5.42. The van der Waals surface area contributed by atoms with Gasteiger partial charge in [0.15, 0.2) is 0 Å². The molecule has 0 saturated heterocycles. The second kappa shape index (κ2) is 3.71. The molecular weight excluding hydrogens is 200 g/mol. The van der Waals surface area contributed by atoms with E-state index >= 15 is 0 Å². The normalized spacial score (nSPS) is 19.7. The van der Waals surface area contributed by atoms with Crippen molar-refractivity contribution in [2.24, 2.45) is 5.41 Å². The van der Waals surface area contributed by atoms with Crippen LogP contribution in [0, 0.1) is 5.41 Å². The summed E-state index contributed by atoms with van der Waals surface area (Å²) in [5.74, 6) is 1.17. The van der Waals surface area contributed by atoms with Crippen molar-refractivity contribution in [3.05, 3.63) is 35.4 Å². The summed E-state index contributed by atoms with van der Waals surface area (Å²) in [7, 11) is 0. The molecule has 0 aromatic heterocycles. The summed E-state index contributed by atoms with van der Waals surface area (Å²) in [4.78, 5) is 1.43. The maximum absolute atomic E-state index is 2.34. The third-order valence-electron chi connectivity index (χ3n) is 3.46. The molecule has 0 aliphatic carbocycles. The highest BCUT2D eigenvalue weighted by molar-refractivity contribution is 7.99. The van der Waals surface area contributed by atoms with Crippen LogP contribution >= 0.6 is 11.8 Å². The fraction of sp³-hybridized carbons (Fsp3) is 0.429. The Hall–Kier alpha value is -0.690. The standard InChI is InChI=1S/C14H18S/c1-10-11(2)14(3,4)9-15-13-8-6-5-7-12(10)13/h5-8H,9H2,1-4H3. The molecule has 0 saturated carbocycles. The molecule has 0 bridgehead atoms. The molecule has 15 heavy (non-hydrogen) atoms. The highest BCUT2D eigenvalue weighted by Crippen LogP contribution is 2.43. The van der Waals surface area contributed by atoms with E-state index in [-0.39, 0.29) is 0 Å². The molecular formula is C14H18S. The maximum atomic E-state index is 2.34. The monoisotopic (exact) mass is 218 g/mol. The lowest BCUT2D eigenvalue weighted by molar-refractivity contribution is 0.518. The maximum Gasteiger partial charge on any atom is 0.0147 e. The van der Waals surface area contributed by atoms with Gasteiger partial charge in [0.05, 0.1) is 0 Å². The Bertz CT molecular complexity index is 413. The average molecular weight is 218 g/mol. The lowest BCUT2D eigenvalue weighted by Gasteiger charge is -2.24. The van der Waals surface area contributed by atoms with Crippen molar-refractivity contribution in [1.82, 2.24) is 0 Å². The lowest BCUT2D eigenvalue weighted by atomic mass is 9.83. The molecule has 2 rings (SSSR count). The Balaban J connectivity index is 2.60. The van der Waals surface area contributed by atoms with E-state index in [1.165, 1.54) is 27.4 Å². The third-order valence-corrected chi connectivity index (χ3v) is 4.99. The molecule has 0 nitrogen and oxygen atoms in total. The molecule has 1 heteroatoms. The van der Waals surface area contributed by atoms with Gasteiger partial charge >= 0.3 is 0 Å². The second-order valence-electron chi connectivity index (χ2n) is 4.92. The fourth-order valence-electron chi connectivity index (χ4n) is 1.98. The minimum Gasteiger partial charge on any atom is -0.125 e. The van der Waals surface area contributed by atoms with E-state index in [1.54, 1.807) is 0 Å². The number of hydrogen-bond acceptors (Lipinski definition) is 1. The first kappa shape index (κ1) is 10.8. The van der Waals surface area contributed by atoms with Gasteiger partial charge in [-0.05, 0) is 36.5 Å². The van der Waals surface area contributed by atoms with E-state index in [4.69, 9.17) is 0 Å². The third kappa shape index (κ3) is 1.85. The van der Waals surface area contributed by atoms with E-state index in [0.717, 1.165) is 0 Å². The first-order chi connectivity index (χ1) is 7.02. The van der Waals surface area contributed by atoms with E-state index in [1.807, 2.05) is 11.8 Å². The van der Waals surface area contributed by atoms with Gasteiger partial charge in [0, 0.05) is 10.6 Å². The molecule has 1 aliphatic rings. The van der Waals surface area contributed by atoms with Gasteiger partial charge in [-0.15, -0.1) is 11.8 Å². The van der Waals surface area contributed by atoms with Gasteiger partial charge in [-0.3, -0.25) is 0 Å². The van der Waals surface area contributed by atoms with Crippen molar-refractivity contribution in [1.29, 1.82) is 0 Å². The molecule has 0 amide bonds. The number of thioether (sulfide) groups is 1. The minimum absolute atomic E-state index is 0.313. The smallest absolute Gasteiger partial charge is 0.0147 e. The van der Waals surface area contributed by atoms with Crippen LogP contribution in [0.2, 0.25) is 0 Å². The molecule has 1 heterocycles. The van der Waals surface area contributed by atoms with Crippen LogP contribution in [-0.2, 0) is 0 Å². The molecule has 0 unspecified atom stereocenters. The Morgan fingerprint density at radius 3 is 2.53 bits per heavy atom. The predicted molar refractivity (Wildman–Crippen MR) is 69.2 cm³/mol. The zero-order chi connectivity index (χ0) is 11.1.